The highest BCUT2D eigenvalue weighted by Gasteiger charge is 2.32. The lowest BCUT2D eigenvalue weighted by molar-refractivity contribution is 0.271. The van der Waals surface area contributed by atoms with Gasteiger partial charge in [0.2, 0.25) is 10.8 Å². The zero-order valence-corrected chi connectivity index (χ0v) is 14.5. The second-order valence-electron chi connectivity index (χ2n) is 5.56. The molecule has 0 aliphatic carbocycles. The minimum absolute atomic E-state index is 0.0433. The van der Waals surface area contributed by atoms with Gasteiger partial charge in [-0.15, -0.1) is 0 Å². The van der Waals surface area contributed by atoms with Gasteiger partial charge in [0.05, 0.1) is 10.9 Å². The van der Waals surface area contributed by atoms with Gasteiger partial charge in [-0.05, 0) is 38.1 Å². The maximum absolute atomic E-state index is 14.6. The minimum Gasteiger partial charge on any atom is -0.492 e. The Labute approximate surface area is 144 Å². The number of hydrogen-bond donors (Lipinski definition) is 1. The van der Waals surface area contributed by atoms with Crippen LogP contribution in [0.4, 0.5) is 4.39 Å². The number of fused-ring (bicyclic) bond motifs is 1. The molecule has 1 saturated heterocycles. The van der Waals surface area contributed by atoms with E-state index in [0.717, 1.165) is 25.9 Å². The van der Waals surface area contributed by atoms with Crippen LogP contribution in [-0.4, -0.2) is 37.7 Å². The lowest BCUT2D eigenvalue weighted by atomic mass is 10.0. The first kappa shape index (κ1) is 15.0. The van der Waals surface area contributed by atoms with Crippen molar-refractivity contribution in [2.24, 2.45) is 0 Å². The summed E-state index contributed by atoms with van der Waals surface area (Å²) in [6.45, 7) is 1.76. The van der Waals surface area contributed by atoms with E-state index in [-0.39, 0.29) is 17.7 Å². The maximum Gasteiger partial charge on any atom is 0.230 e. The standard InChI is InChI=1S/C15H14BrFN4OS/c16-9-3-4-10(11(17)7-9)12(20-5-1-2-6-20)13-14(22)21-15(23-13)18-8-19-21/h3-4,7-8,12,22H,1-2,5-6H2/t12-/m1/s1. The fourth-order valence-electron chi connectivity index (χ4n) is 3.10. The van der Waals surface area contributed by atoms with E-state index in [4.69, 9.17) is 0 Å². The summed E-state index contributed by atoms with van der Waals surface area (Å²) >= 11 is 4.65. The van der Waals surface area contributed by atoms with E-state index in [9.17, 15) is 9.50 Å². The average molecular weight is 397 g/mol. The van der Waals surface area contributed by atoms with E-state index in [2.05, 4.69) is 30.9 Å². The van der Waals surface area contributed by atoms with E-state index in [1.54, 1.807) is 6.07 Å². The van der Waals surface area contributed by atoms with Crippen molar-refractivity contribution in [3.05, 3.63) is 45.3 Å². The number of hydrogen-bond acceptors (Lipinski definition) is 5. The van der Waals surface area contributed by atoms with Crippen LogP contribution in [0.3, 0.4) is 0 Å². The summed E-state index contributed by atoms with van der Waals surface area (Å²) in [6, 6.07) is 4.75. The zero-order chi connectivity index (χ0) is 16.0. The Bertz CT molecular complexity index is 858. The van der Waals surface area contributed by atoms with Gasteiger partial charge in [0, 0.05) is 10.0 Å². The van der Waals surface area contributed by atoms with E-state index in [0.29, 0.717) is 19.9 Å². The Hall–Kier alpha value is -1.51. The molecule has 4 rings (SSSR count). The van der Waals surface area contributed by atoms with E-state index in [1.165, 1.54) is 28.2 Å². The third-order valence-electron chi connectivity index (χ3n) is 4.15. The lowest BCUT2D eigenvalue weighted by Gasteiger charge is -2.27. The number of halogens is 2. The fourth-order valence-corrected chi connectivity index (χ4v) is 4.51. The molecule has 2 aromatic heterocycles. The number of thiazole rings is 1. The molecular weight excluding hydrogens is 383 g/mol. The van der Waals surface area contributed by atoms with Crippen LogP contribution < -0.4 is 0 Å². The van der Waals surface area contributed by atoms with Gasteiger partial charge in [-0.25, -0.2) is 9.37 Å². The predicted octanol–water partition coefficient (Wildman–Crippen LogP) is 3.58. The monoisotopic (exact) mass is 396 g/mol. The summed E-state index contributed by atoms with van der Waals surface area (Å²) in [5.41, 5.74) is 0.565. The molecule has 0 amide bonds. The zero-order valence-electron chi connectivity index (χ0n) is 12.1. The second-order valence-corrected chi connectivity index (χ2v) is 7.48. The van der Waals surface area contributed by atoms with Crippen LogP contribution in [0.15, 0.2) is 29.0 Å². The molecule has 1 N–H and O–H groups in total. The van der Waals surface area contributed by atoms with Crippen LogP contribution in [0.1, 0.15) is 29.3 Å². The summed E-state index contributed by atoms with van der Waals surface area (Å²) in [7, 11) is 0. The number of likely N-dealkylation sites (tertiary alicyclic amines) is 1. The molecule has 5 nitrogen and oxygen atoms in total. The van der Waals surface area contributed by atoms with Crippen LogP contribution in [0.2, 0.25) is 0 Å². The van der Waals surface area contributed by atoms with Gasteiger partial charge < -0.3 is 5.11 Å². The van der Waals surface area contributed by atoms with Gasteiger partial charge in [0.25, 0.3) is 0 Å². The lowest BCUT2D eigenvalue weighted by Crippen LogP contribution is -2.26. The van der Waals surface area contributed by atoms with E-state index >= 15 is 0 Å². The van der Waals surface area contributed by atoms with Crippen molar-refractivity contribution in [3.8, 4) is 5.88 Å². The van der Waals surface area contributed by atoms with Gasteiger partial charge in [-0.2, -0.15) is 9.61 Å². The topological polar surface area (TPSA) is 53.7 Å². The molecule has 3 aromatic rings. The van der Waals surface area contributed by atoms with Crippen molar-refractivity contribution < 1.29 is 9.50 Å². The molecule has 1 aliphatic rings. The number of aromatic nitrogens is 3. The normalized spacial score (nSPS) is 17.1. The highest BCUT2D eigenvalue weighted by molar-refractivity contribution is 9.10. The molecule has 0 spiro atoms. The Balaban J connectivity index is 1.88. The molecule has 23 heavy (non-hydrogen) atoms. The van der Waals surface area contributed by atoms with E-state index in [1.807, 2.05) is 6.07 Å². The number of rotatable bonds is 3. The Morgan fingerprint density at radius 2 is 2.09 bits per heavy atom. The third-order valence-corrected chi connectivity index (χ3v) is 5.73. The quantitative estimate of drug-likeness (QED) is 0.734. The third kappa shape index (κ3) is 2.54. The molecule has 120 valence electrons. The summed E-state index contributed by atoms with van der Waals surface area (Å²) in [4.78, 5) is 7.63. The molecule has 8 heteroatoms. The fraction of sp³-hybridized carbons (Fsp3) is 0.333. The van der Waals surface area contributed by atoms with Gasteiger partial charge >= 0.3 is 0 Å². The van der Waals surface area contributed by atoms with Crippen molar-refractivity contribution >= 4 is 32.2 Å². The molecular formula is C15H14BrFN4OS. The highest BCUT2D eigenvalue weighted by Crippen LogP contribution is 2.41. The summed E-state index contributed by atoms with van der Waals surface area (Å²) in [6.07, 6.45) is 3.56. The SMILES string of the molecule is Oc1c([C@@H](c2ccc(Br)cc2F)N2CCCC2)sc2ncnn12. The predicted molar refractivity (Wildman–Crippen MR) is 89.3 cm³/mol. The Morgan fingerprint density at radius 3 is 2.78 bits per heavy atom. The first-order valence-electron chi connectivity index (χ1n) is 7.35. The molecule has 1 aliphatic heterocycles. The smallest absolute Gasteiger partial charge is 0.230 e. The van der Waals surface area contributed by atoms with Crippen molar-refractivity contribution in [2.45, 2.75) is 18.9 Å². The van der Waals surface area contributed by atoms with Crippen LogP contribution in [0.25, 0.3) is 4.96 Å². The summed E-state index contributed by atoms with van der Waals surface area (Å²) in [5.74, 6) is -0.239. The minimum atomic E-state index is -0.320. The van der Waals surface area contributed by atoms with Crippen LogP contribution in [0, 0.1) is 5.82 Å². The largest absolute Gasteiger partial charge is 0.492 e. The Kier molecular flexibility index (Phi) is 3.82. The molecule has 1 fully saturated rings. The number of nitrogens with zero attached hydrogens (tertiary/aromatic N) is 4. The molecule has 1 aromatic carbocycles. The average Bonchev–Trinajstić information content (AvgIpc) is 3.23. The second kappa shape index (κ2) is 5.85. The highest BCUT2D eigenvalue weighted by atomic mass is 79.9. The molecule has 0 radical (unpaired) electrons. The molecule has 0 saturated carbocycles. The first-order valence-corrected chi connectivity index (χ1v) is 8.96. The summed E-state index contributed by atoms with van der Waals surface area (Å²) < 4.78 is 16.7. The number of aromatic hydroxyl groups is 1. The van der Waals surface area contributed by atoms with Crippen molar-refractivity contribution in [3.63, 3.8) is 0 Å². The number of benzene rings is 1. The van der Waals surface area contributed by atoms with Crippen molar-refractivity contribution in [2.75, 3.05) is 13.1 Å². The van der Waals surface area contributed by atoms with Crippen LogP contribution in [-0.2, 0) is 0 Å². The van der Waals surface area contributed by atoms with Crippen LogP contribution >= 0.6 is 27.3 Å². The summed E-state index contributed by atoms with van der Waals surface area (Å²) in [5, 5.41) is 14.6. The van der Waals surface area contributed by atoms with Crippen molar-refractivity contribution in [1.82, 2.24) is 19.5 Å². The molecule has 3 heterocycles. The van der Waals surface area contributed by atoms with Gasteiger partial charge in [0.15, 0.2) is 0 Å². The van der Waals surface area contributed by atoms with Gasteiger partial charge in [0.1, 0.15) is 12.1 Å². The van der Waals surface area contributed by atoms with Gasteiger partial charge in [-0.3, -0.25) is 4.90 Å². The first-order chi connectivity index (χ1) is 11.1. The van der Waals surface area contributed by atoms with Crippen molar-refractivity contribution in [1.29, 1.82) is 0 Å². The molecule has 1 atom stereocenters. The maximum atomic E-state index is 14.6. The Morgan fingerprint density at radius 1 is 1.30 bits per heavy atom. The van der Waals surface area contributed by atoms with E-state index < -0.39 is 0 Å². The van der Waals surface area contributed by atoms with Crippen LogP contribution in [0.5, 0.6) is 5.88 Å². The molecule has 0 bridgehead atoms. The molecule has 0 unspecified atom stereocenters. The van der Waals surface area contributed by atoms with Gasteiger partial charge in [-0.1, -0.05) is 33.3 Å².